The fraction of sp³-hybridized carbons (Fsp3) is 0.524. The smallest absolute Gasteiger partial charge is 0.337 e. The lowest BCUT2D eigenvalue weighted by molar-refractivity contribution is -0.138. The number of urea groups is 1. The second-order valence-electron chi connectivity index (χ2n) is 7.44. The lowest BCUT2D eigenvalue weighted by atomic mass is 9.93. The molecule has 156 valence electrons. The zero-order chi connectivity index (χ0) is 20.2. The minimum absolute atomic E-state index is 0.275. The van der Waals surface area contributed by atoms with Crippen LogP contribution < -0.4 is 16.0 Å². The lowest BCUT2D eigenvalue weighted by Crippen LogP contribution is -2.36. The van der Waals surface area contributed by atoms with Gasteiger partial charge in [0.1, 0.15) is 0 Å². The van der Waals surface area contributed by atoms with Crippen molar-refractivity contribution in [3.63, 3.8) is 0 Å². The number of amides is 2. The molecule has 0 aromatic carbocycles. The number of thioether (sulfide) groups is 1. The molecule has 3 N–H and O–H groups in total. The minimum atomic E-state index is -0.327. The van der Waals surface area contributed by atoms with E-state index < -0.39 is 0 Å². The van der Waals surface area contributed by atoms with Crippen molar-refractivity contribution in [1.82, 2.24) is 16.0 Å². The summed E-state index contributed by atoms with van der Waals surface area (Å²) >= 11 is 3.28. The summed E-state index contributed by atoms with van der Waals surface area (Å²) in [5.41, 5.74) is 4.46. The third-order valence-corrected chi connectivity index (χ3v) is 7.88. The summed E-state index contributed by atoms with van der Waals surface area (Å²) in [5.74, 6) is -0.327. The van der Waals surface area contributed by atoms with Crippen LogP contribution in [0.2, 0.25) is 0 Å². The number of nitrogens with one attached hydrogen (secondary N) is 3. The van der Waals surface area contributed by atoms with E-state index in [9.17, 15) is 9.59 Å². The van der Waals surface area contributed by atoms with Gasteiger partial charge in [0.2, 0.25) is 0 Å². The molecule has 0 spiro atoms. The molecule has 1 aromatic rings. The fourth-order valence-corrected chi connectivity index (χ4v) is 6.32. The van der Waals surface area contributed by atoms with E-state index in [4.69, 9.17) is 4.74 Å². The molecule has 0 unspecified atom stereocenters. The maximum Gasteiger partial charge on any atom is 0.337 e. The molecular weight excluding hydrogens is 406 g/mol. The van der Waals surface area contributed by atoms with Crippen LogP contribution in [0.15, 0.2) is 26.5 Å². The average molecular weight is 434 g/mol. The third kappa shape index (κ3) is 4.70. The Morgan fingerprint density at radius 2 is 2.10 bits per heavy atom. The van der Waals surface area contributed by atoms with Crippen molar-refractivity contribution < 1.29 is 14.3 Å². The van der Waals surface area contributed by atoms with Crippen LogP contribution in [0.5, 0.6) is 0 Å². The second kappa shape index (κ2) is 9.36. The Morgan fingerprint density at radius 1 is 1.24 bits per heavy atom. The van der Waals surface area contributed by atoms with Crippen molar-refractivity contribution in [2.75, 3.05) is 13.2 Å². The highest BCUT2D eigenvalue weighted by atomic mass is 32.2. The molecule has 0 saturated carbocycles. The maximum atomic E-state index is 12.6. The Hall–Kier alpha value is -1.77. The van der Waals surface area contributed by atoms with E-state index in [0.29, 0.717) is 30.2 Å². The van der Waals surface area contributed by atoms with E-state index in [1.807, 2.05) is 0 Å². The van der Waals surface area contributed by atoms with Crippen molar-refractivity contribution in [2.24, 2.45) is 0 Å². The first-order chi connectivity index (χ1) is 14.2. The summed E-state index contributed by atoms with van der Waals surface area (Å²) in [6.07, 6.45) is 5.97. The first-order valence-electron chi connectivity index (χ1n) is 10.3. The second-order valence-corrected chi connectivity index (χ2v) is 9.51. The average Bonchev–Trinajstić information content (AvgIpc) is 3.15. The highest BCUT2D eigenvalue weighted by Crippen LogP contribution is 2.44. The van der Waals surface area contributed by atoms with Gasteiger partial charge >= 0.3 is 12.0 Å². The van der Waals surface area contributed by atoms with Gasteiger partial charge in [0.25, 0.3) is 0 Å². The summed E-state index contributed by atoms with van der Waals surface area (Å²) in [5, 5.41) is 12.0. The number of esters is 1. The van der Waals surface area contributed by atoms with Crippen LogP contribution in [0.1, 0.15) is 55.0 Å². The highest BCUT2D eigenvalue weighted by Gasteiger charge is 2.29. The lowest BCUT2D eigenvalue weighted by Gasteiger charge is -2.27. The molecule has 0 saturated heterocycles. The van der Waals surface area contributed by atoms with Gasteiger partial charge in [0.05, 0.1) is 17.2 Å². The van der Waals surface area contributed by atoms with Crippen molar-refractivity contribution in [3.8, 4) is 0 Å². The number of carbonyl (C=O) groups is 2. The molecule has 8 heteroatoms. The molecule has 2 amide bonds. The molecule has 1 aromatic heterocycles. The fourth-order valence-electron chi connectivity index (χ4n) is 4.01. The van der Waals surface area contributed by atoms with Crippen molar-refractivity contribution >= 4 is 35.1 Å². The number of hydrogen-bond acceptors (Lipinski definition) is 6. The van der Waals surface area contributed by atoms with Crippen molar-refractivity contribution in [1.29, 1.82) is 0 Å². The van der Waals surface area contributed by atoms with Crippen molar-refractivity contribution in [3.05, 3.63) is 42.5 Å². The number of carbonyl (C=O) groups excluding carboxylic acids is 2. The highest BCUT2D eigenvalue weighted by molar-refractivity contribution is 8.06. The van der Waals surface area contributed by atoms with Crippen LogP contribution >= 0.6 is 23.1 Å². The number of ether oxygens (including phenoxy) is 1. The van der Waals surface area contributed by atoms with Gasteiger partial charge in [-0.25, -0.2) is 9.59 Å². The largest absolute Gasteiger partial charge is 0.463 e. The van der Waals surface area contributed by atoms with Gasteiger partial charge in [0.15, 0.2) is 0 Å². The predicted octanol–water partition coefficient (Wildman–Crippen LogP) is 3.93. The maximum absolute atomic E-state index is 12.6. The van der Waals surface area contributed by atoms with Gasteiger partial charge in [0, 0.05) is 24.4 Å². The topological polar surface area (TPSA) is 79.5 Å². The standard InChI is InChI=1S/C21H27N3O3S2/c1-2-27-20(25)16-9-13-5-3-4-6-17(13)29-19(16)24-21(26)23-10-14-12-28-18-11-22-8-7-15(14)18/h12,22H,2-11H2,1H3,(H2,23,24,26). The van der Waals surface area contributed by atoms with Crippen LogP contribution in [0.3, 0.4) is 0 Å². The predicted molar refractivity (Wildman–Crippen MR) is 116 cm³/mol. The first kappa shape index (κ1) is 20.5. The Labute approximate surface area is 179 Å². The Bertz CT molecular complexity index is 873. The van der Waals surface area contributed by atoms with Crippen LogP contribution in [-0.4, -0.2) is 25.2 Å². The number of rotatable bonds is 5. The number of hydrogen-bond donors (Lipinski definition) is 3. The van der Waals surface area contributed by atoms with E-state index in [2.05, 4.69) is 21.3 Å². The summed E-state index contributed by atoms with van der Waals surface area (Å²) in [4.78, 5) is 27.8. The van der Waals surface area contributed by atoms with Gasteiger partial charge in [-0.15, -0.1) is 11.3 Å². The van der Waals surface area contributed by atoms with Crippen molar-refractivity contribution in [2.45, 2.75) is 58.5 Å². The Balaban J connectivity index is 1.43. The molecule has 29 heavy (non-hydrogen) atoms. The van der Waals surface area contributed by atoms with Gasteiger partial charge in [-0.2, -0.15) is 0 Å². The number of allylic oxidation sites excluding steroid dienone is 2. The van der Waals surface area contributed by atoms with Crippen LogP contribution in [0.25, 0.3) is 0 Å². The number of thiophene rings is 1. The monoisotopic (exact) mass is 433 g/mol. The zero-order valence-corrected chi connectivity index (χ0v) is 18.3. The Kier molecular flexibility index (Phi) is 6.62. The third-order valence-electron chi connectivity index (χ3n) is 5.51. The molecule has 6 nitrogen and oxygen atoms in total. The van der Waals surface area contributed by atoms with Crippen LogP contribution in [0, 0.1) is 0 Å². The molecule has 0 bridgehead atoms. The van der Waals surface area contributed by atoms with Crippen LogP contribution in [-0.2, 0) is 29.0 Å². The number of fused-ring (bicyclic) bond motifs is 1. The minimum Gasteiger partial charge on any atom is -0.463 e. The molecule has 0 fully saturated rings. The summed E-state index contributed by atoms with van der Waals surface area (Å²) < 4.78 is 5.25. The molecule has 0 atom stereocenters. The van der Waals surface area contributed by atoms with Crippen LogP contribution in [0.4, 0.5) is 4.79 Å². The summed E-state index contributed by atoms with van der Waals surface area (Å²) in [6, 6.07) is -0.275. The summed E-state index contributed by atoms with van der Waals surface area (Å²) in [7, 11) is 0. The SMILES string of the molecule is CCOC(=O)C1=C(NC(=O)NCc2csc3c2CCNC3)SC2=C(CCCC2)C1. The molecule has 4 rings (SSSR count). The normalized spacial score (nSPS) is 18.8. The quantitative estimate of drug-likeness (QED) is 0.613. The summed E-state index contributed by atoms with van der Waals surface area (Å²) in [6.45, 7) is 4.52. The van der Waals surface area contributed by atoms with Gasteiger partial charge in [-0.05, 0) is 67.0 Å². The van der Waals surface area contributed by atoms with Gasteiger partial charge in [-0.3, -0.25) is 0 Å². The van der Waals surface area contributed by atoms with Gasteiger partial charge in [-0.1, -0.05) is 17.3 Å². The molecular formula is C21H27N3O3S2. The molecule has 0 radical (unpaired) electrons. The first-order valence-corrected chi connectivity index (χ1v) is 12.0. The molecule has 2 aliphatic heterocycles. The van der Waals surface area contributed by atoms with E-state index in [-0.39, 0.29) is 12.0 Å². The van der Waals surface area contributed by atoms with E-state index in [0.717, 1.165) is 38.8 Å². The van der Waals surface area contributed by atoms with E-state index in [1.165, 1.54) is 44.7 Å². The molecule has 1 aliphatic carbocycles. The Morgan fingerprint density at radius 3 is 2.97 bits per heavy atom. The molecule has 3 heterocycles. The van der Waals surface area contributed by atoms with E-state index >= 15 is 0 Å². The van der Waals surface area contributed by atoms with Gasteiger partial charge < -0.3 is 20.7 Å². The zero-order valence-electron chi connectivity index (χ0n) is 16.7. The molecule has 3 aliphatic rings. The van der Waals surface area contributed by atoms with E-state index in [1.54, 1.807) is 18.3 Å².